The molecular formula is C30H29Cl2F3O. The number of alkyl halides is 3. The maximum Gasteiger partial charge on any atom is 0.416 e. The number of allylic oxidation sites excluding steroid dienone is 1. The maximum atomic E-state index is 13.3. The Bertz CT molecular complexity index is 1170. The molecule has 3 aromatic rings. The second kappa shape index (κ2) is 13.7. The zero-order valence-corrected chi connectivity index (χ0v) is 21.5. The summed E-state index contributed by atoms with van der Waals surface area (Å²) < 4.78 is 39.9. The van der Waals surface area contributed by atoms with Crippen LogP contribution in [0.3, 0.4) is 0 Å². The summed E-state index contributed by atoms with van der Waals surface area (Å²) in [7, 11) is 0. The van der Waals surface area contributed by atoms with Crippen LogP contribution in [0.15, 0.2) is 72.8 Å². The van der Waals surface area contributed by atoms with E-state index >= 15 is 0 Å². The van der Waals surface area contributed by atoms with Gasteiger partial charge in [0.1, 0.15) is 0 Å². The predicted octanol–water partition coefficient (Wildman–Crippen LogP) is 10.0. The van der Waals surface area contributed by atoms with Crippen molar-refractivity contribution in [2.45, 2.75) is 57.5 Å². The molecule has 6 heteroatoms. The third-order valence-electron chi connectivity index (χ3n) is 6.09. The Hall–Kier alpha value is -2.56. The molecule has 0 fully saturated rings. The summed E-state index contributed by atoms with van der Waals surface area (Å²) in [5, 5.41) is 0.599. The first kappa shape index (κ1) is 28.0. The number of carbonyl (C=O) groups excluding carboxylic acids is 1. The highest BCUT2D eigenvalue weighted by Gasteiger charge is 2.30. The van der Waals surface area contributed by atoms with Crippen LogP contribution in [0.4, 0.5) is 13.2 Å². The van der Waals surface area contributed by atoms with Gasteiger partial charge >= 0.3 is 6.18 Å². The van der Waals surface area contributed by atoms with E-state index in [1.807, 2.05) is 6.07 Å². The fourth-order valence-electron chi connectivity index (χ4n) is 4.09. The quantitative estimate of drug-likeness (QED) is 0.129. The van der Waals surface area contributed by atoms with E-state index in [0.717, 1.165) is 56.2 Å². The molecule has 190 valence electrons. The molecule has 36 heavy (non-hydrogen) atoms. The van der Waals surface area contributed by atoms with E-state index in [1.165, 1.54) is 42.3 Å². The Morgan fingerprint density at radius 1 is 0.778 bits per heavy atom. The SMILES string of the molecule is O=C(/C=C/c1cc(C(F)(F)F)ccc1CCCCCCCCc1ccccc1)c1ccc(Cl)cc1Cl. The number of carbonyl (C=O) groups is 1. The van der Waals surface area contributed by atoms with Crippen molar-refractivity contribution < 1.29 is 18.0 Å². The number of halogens is 5. The normalized spacial score (nSPS) is 11.8. The largest absolute Gasteiger partial charge is 0.416 e. The highest BCUT2D eigenvalue weighted by molar-refractivity contribution is 6.37. The summed E-state index contributed by atoms with van der Waals surface area (Å²) in [5.74, 6) is -0.393. The number of benzene rings is 3. The maximum absolute atomic E-state index is 13.3. The van der Waals surface area contributed by atoms with Crippen molar-refractivity contribution in [1.82, 2.24) is 0 Å². The fraction of sp³-hybridized carbons (Fsp3) is 0.300. The van der Waals surface area contributed by atoms with Gasteiger partial charge in [-0.25, -0.2) is 0 Å². The van der Waals surface area contributed by atoms with Gasteiger partial charge in [0.15, 0.2) is 5.78 Å². The molecule has 0 amide bonds. The van der Waals surface area contributed by atoms with Crippen LogP contribution in [-0.2, 0) is 19.0 Å². The number of aryl methyl sites for hydroxylation is 2. The molecule has 0 heterocycles. The first-order chi connectivity index (χ1) is 17.2. The minimum Gasteiger partial charge on any atom is -0.289 e. The average Bonchev–Trinajstić information content (AvgIpc) is 2.84. The highest BCUT2D eigenvalue weighted by Crippen LogP contribution is 2.31. The smallest absolute Gasteiger partial charge is 0.289 e. The van der Waals surface area contributed by atoms with Crippen molar-refractivity contribution >= 4 is 35.1 Å². The summed E-state index contributed by atoms with van der Waals surface area (Å²) in [4.78, 5) is 12.6. The van der Waals surface area contributed by atoms with Crippen LogP contribution in [0.2, 0.25) is 10.0 Å². The predicted molar refractivity (Wildman–Crippen MR) is 143 cm³/mol. The molecule has 0 unspecified atom stereocenters. The van der Waals surface area contributed by atoms with E-state index < -0.39 is 17.5 Å². The number of hydrogen-bond donors (Lipinski definition) is 0. The molecule has 0 aliphatic heterocycles. The van der Waals surface area contributed by atoms with Crippen molar-refractivity contribution in [3.63, 3.8) is 0 Å². The molecule has 0 atom stereocenters. The first-order valence-corrected chi connectivity index (χ1v) is 12.9. The summed E-state index contributed by atoms with van der Waals surface area (Å²) >= 11 is 12.0. The lowest BCUT2D eigenvalue weighted by molar-refractivity contribution is -0.137. The van der Waals surface area contributed by atoms with Crippen molar-refractivity contribution in [3.05, 3.63) is 111 Å². The molecule has 1 nitrogen and oxygen atoms in total. The van der Waals surface area contributed by atoms with Crippen molar-refractivity contribution in [1.29, 1.82) is 0 Å². The zero-order valence-electron chi connectivity index (χ0n) is 20.0. The molecule has 3 rings (SSSR count). The molecular weight excluding hydrogens is 504 g/mol. The van der Waals surface area contributed by atoms with Crippen LogP contribution in [-0.4, -0.2) is 5.78 Å². The molecule has 0 saturated heterocycles. The molecule has 0 bridgehead atoms. The molecule has 0 spiro atoms. The lowest BCUT2D eigenvalue weighted by Crippen LogP contribution is -2.06. The van der Waals surface area contributed by atoms with Crippen LogP contribution in [0.25, 0.3) is 6.08 Å². The summed E-state index contributed by atoms with van der Waals surface area (Å²) in [6, 6.07) is 18.7. The minimum atomic E-state index is -4.45. The van der Waals surface area contributed by atoms with Crippen LogP contribution in [0, 0.1) is 0 Å². The van der Waals surface area contributed by atoms with Gasteiger partial charge in [0.2, 0.25) is 0 Å². The van der Waals surface area contributed by atoms with Crippen LogP contribution in [0.5, 0.6) is 0 Å². The van der Waals surface area contributed by atoms with E-state index in [1.54, 1.807) is 6.07 Å². The monoisotopic (exact) mass is 532 g/mol. The minimum absolute atomic E-state index is 0.199. The summed E-state index contributed by atoms with van der Waals surface area (Å²) in [6.45, 7) is 0. The van der Waals surface area contributed by atoms with Gasteiger partial charge in [0.05, 0.1) is 10.6 Å². The molecule has 0 aliphatic rings. The lowest BCUT2D eigenvalue weighted by atomic mass is 9.97. The Balaban J connectivity index is 1.56. The lowest BCUT2D eigenvalue weighted by Gasteiger charge is -2.12. The number of ketones is 1. The van der Waals surface area contributed by atoms with E-state index in [9.17, 15) is 18.0 Å². The molecule has 0 aliphatic carbocycles. The second-order valence-corrected chi connectivity index (χ2v) is 9.68. The molecule has 0 aromatic heterocycles. The summed E-state index contributed by atoms with van der Waals surface area (Å²) in [5.41, 5.74) is 2.06. The van der Waals surface area contributed by atoms with Crippen molar-refractivity contribution in [2.24, 2.45) is 0 Å². The van der Waals surface area contributed by atoms with Gasteiger partial charge in [-0.1, -0.05) is 91.4 Å². The fourth-order valence-corrected chi connectivity index (χ4v) is 4.60. The molecule has 0 radical (unpaired) electrons. The van der Waals surface area contributed by atoms with Gasteiger partial charge in [-0.15, -0.1) is 0 Å². The Kier molecular flexibility index (Phi) is 10.6. The number of hydrogen-bond acceptors (Lipinski definition) is 1. The van der Waals surface area contributed by atoms with Gasteiger partial charge in [0.25, 0.3) is 0 Å². The first-order valence-electron chi connectivity index (χ1n) is 12.2. The van der Waals surface area contributed by atoms with Crippen molar-refractivity contribution in [2.75, 3.05) is 0 Å². The highest BCUT2D eigenvalue weighted by atomic mass is 35.5. The standard InChI is InChI=1S/C30H29Cl2F3O/c31-26-17-18-27(28(32)21-26)29(36)19-15-24-20-25(30(33,34)35)16-14-23(24)13-9-4-2-1-3-6-10-22-11-7-5-8-12-22/h5,7-8,11-12,14-21H,1-4,6,9-10,13H2/b19-15+. The van der Waals surface area contributed by atoms with Gasteiger partial charge in [-0.05, 0) is 78.8 Å². The number of unbranched alkanes of at least 4 members (excludes halogenated alkanes) is 5. The Morgan fingerprint density at radius 3 is 2.11 bits per heavy atom. The average molecular weight is 533 g/mol. The van der Waals surface area contributed by atoms with Gasteiger partial charge in [-0.2, -0.15) is 13.2 Å². The summed E-state index contributed by atoms with van der Waals surface area (Å²) in [6.07, 6.45) is 6.43. The molecule has 0 N–H and O–H groups in total. The van der Waals surface area contributed by atoms with Gasteiger partial charge in [-0.3, -0.25) is 4.79 Å². The van der Waals surface area contributed by atoms with E-state index in [-0.39, 0.29) is 10.6 Å². The second-order valence-electron chi connectivity index (χ2n) is 8.84. The number of rotatable bonds is 12. The Morgan fingerprint density at radius 2 is 1.44 bits per heavy atom. The van der Waals surface area contributed by atoms with E-state index in [4.69, 9.17) is 23.2 Å². The van der Waals surface area contributed by atoms with Crippen LogP contribution < -0.4 is 0 Å². The van der Waals surface area contributed by atoms with Crippen molar-refractivity contribution in [3.8, 4) is 0 Å². The van der Waals surface area contributed by atoms with E-state index in [0.29, 0.717) is 17.0 Å². The zero-order chi connectivity index (χ0) is 26.0. The van der Waals surface area contributed by atoms with E-state index in [2.05, 4.69) is 24.3 Å². The van der Waals surface area contributed by atoms with Gasteiger partial charge < -0.3 is 0 Å². The molecule has 0 saturated carbocycles. The Labute approximate surface area is 220 Å². The topological polar surface area (TPSA) is 17.1 Å². The third kappa shape index (κ3) is 8.83. The van der Waals surface area contributed by atoms with Crippen LogP contribution >= 0.6 is 23.2 Å². The third-order valence-corrected chi connectivity index (χ3v) is 6.64. The van der Waals surface area contributed by atoms with Crippen LogP contribution in [0.1, 0.15) is 71.1 Å². The molecule has 3 aromatic carbocycles. The van der Waals surface area contributed by atoms with Gasteiger partial charge in [0, 0.05) is 10.6 Å².